The fourth-order valence-electron chi connectivity index (χ4n) is 2.76. The Morgan fingerprint density at radius 3 is 2.32 bits per heavy atom. The average Bonchev–Trinajstić information content (AvgIpc) is 3.03. The van der Waals surface area contributed by atoms with Crippen LogP contribution in [0.4, 0.5) is 0 Å². The molecule has 0 atom stereocenters. The summed E-state index contributed by atoms with van der Waals surface area (Å²) in [6, 6.07) is 11.4. The Bertz CT molecular complexity index is 1050. The fraction of sp³-hybridized carbons (Fsp3) is 0.200. The van der Waals surface area contributed by atoms with Gasteiger partial charge >= 0.3 is 5.97 Å². The number of rotatable bonds is 6. The standard InChI is InChI=1S/C20H20N4O4/c1-12-3-6-14(7-4-12)18-19(24-11-13(2)5-8-15(24)23-18)20(28)22-9-16(25)21-10-17(26)27/h3-8,11H,9-10H2,1-2H3,(H,21,25)(H,22,28)(H,26,27). The molecular formula is C20H20N4O4. The van der Waals surface area contributed by atoms with Crippen LogP contribution in [0.3, 0.4) is 0 Å². The minimum atomic E-state index is -1.15. The van der Waals surface area contributed by atoms with Crippen molar-refractivity contribution in [3.8, 4) is 11.3 Å². The maximum atomic E-state index is 12.9. The number of nitrogens with zero attached hydrogens (tertiary/aromatic N) is 2. The van der Waals surface area contributed by atoms with Crippen LogP contribution in [0.5, 0.6) is 0 Å². The van der Waals surface area contributed by atoms with Gasteiger partial charge in [0.25, 0.3) is 5.91 Å². The van der Waals surface area contributed by atoms with Crippen molar-refractivity contribution in [1.82, 2.24) is 20.0 Å². The van der Waals surface area contributed by atoms with Gasteiger partial charge < -0.3 is 15.7 Å². The van der Waals surface area contributed by atoms with Gasteiger partial charge in [-0.15, -0.1) is 0 Å². The van der Waals surface area contributed by atoms with Crippen molar-refractivity contribution >= 4 is 23.4 Å². The summed E-state index contributed by atoms with van der Waals surface area (Å²) in [5, 5.41) is 13.3. The number of pyridine rings is 1. The maximum absolute atomic E-state index is 12.9. The lowest BCUT2D eigenvalue weighted by atomic mass is 10.1. The van der Waals surface area contributed by atoms with E-state index < -0.39 is 24.3 Å². The van der Waals surface area contributed by atoms with Crippen molar-refractivity contribution in [2.24, 2.45) is 0 Å². The summed E-state index contributed by atoms with van der Waals surface area (Å²) in [4.78, 5) is 39.7. The number of benzene rings is 1. The van der Waals surface area contributed by atoms with Crippen LogP contribution in [-0.4, -0.2) is 45.4 Å². The van der Waals surface area contributed by atoms with Crippen molar-refractivity contribution in [3.63, 3.8) is 0 Å². The second-order valence-corrected chi connectivity index (χ2v) is 6.46. The van der Waals surface area contributed by atoms with Gasteiger partial charge in [-0.3, -0.25) is 18.8 Å². The van der Waals surface area contributed by atoms with Gasteiger partial charge in [-0.25, -0.2) is 4.98 Å². The summed E-state index contributed by atoms with van der Waals surface area (Å²) >= 11 is 0. The van der Waals surface area contributed by atoms with Crippen LogP contribution in [0.25, 0.3) is 16.9 Å². The number of aromatic nitrogens is 2. The lowest BCUT2D eigenvalue weighted by Crippen LogP contribution is -2.39. The normalized spacial score (nSPS) is 10.6. The SMILES string of the molecule is Cc1ccc(-c2nc3ccc(C)cn3c2C(=O)NCC(=O)NCC(=O)O)cc1. The number of carboxylic acid groups (broad SMARTS) is 1. The molecule has 0 saturated heterocycles. The fourth-order valence-corrected chi connectivity index (χ4v) is 2.76. The second kappa shape index (κ2) is 7.91. The number of nitrogens with one attached hydrogen (secondary N) is 2. The van der Waals surface area contributed by atoms with Gasteiger partial charge in [-0.2, -0.15) is 0 Å². The Labute approximate surface area is 161 Å². The number of imidazole rings is 1. The number of hydrogen-bond donors (Lipinski definition) is 3. The summed E-state index contributed by atoms with van der Waals surface area (Å²) in [6.45, 7) is 3.04. The molecule has 0 aliphatic rings. The Morgan fingerprint density at radius 1 is 0.964 bits per heavy atom. The van der Waals surface area contributed by atoms with Gasteiger partial charge in [0.15, 0.2) is 0 Å². The Balaban J connectivity index is 1.93. The predicted octanol–water partition coefficient (Wildman–Crippen LogP) is 1.55. The molecule has 3 rings (SSSR count). The van der Waals surface area contributed by atoms with Crippen molar-refractivity contribution in [1.29, 1.82) is 0 Å². The van der Waals surface area contributed by atoms with Gasteiger partial charge in [-0.05, 0) is 25.5 Å². The Kier molecular flexibility index (Phi) is 5.39. The minimum absolute atomic E-state index is 0.314. The second-order valence-electron chi connectivity index (χ2n) is 6.46. The summed E-state index contributed by atoms with van der Waals surface area (Å²) in [5.41, 5.74) is 4.26. The molecule has 2 aromatic heterocycles. The lowest BCUT2D eigenvalue weighted by Gasteiger charge is -2.08. The van der Waals surface area contributed by atoms with E-state index >= 15 is 0 Å². The molecule has 2 heterocycles. The molecule has 0 fully saturated rings. The van der Waals surface area contributed by atoms with Gasteiger partial charge in [0.05, 0.1) is 6.54 Å². The van der Waals surface area contributed by atoms with Gasteiger partial charge in [0.2, 0.25) is 5.91 Å². The molecule has 3 aromatic rings. The zero-order valence-corrected chi connectivity index (χ0v) is 15.5. The van der Waals surface area contributed by atoms with E-state index in [4.69, 9.17) is 5.11 Å². The van der Waals surface area contributed by atoms with Crippen molar-refractivity contribution in [3.05, 3.63) is 59.4 Å². The van der Waals surface area contributed by atoms with Crippen LogP contribution in [0.1, 0.15) is 21.6 Å². The van der Waals surface area contributed by atoms with Crippen molar-refractivity contribution < 1.29 is 19.5 Å². The van der Waals surface area contributed by atoms with E-state index in [-0.39, 0.29) is 6.54 Å². The molecule has 2 amide bonds. The third-order valence-electron chi connectivity index (χ3n) is 4.15. The van der Waals surface area contributed by atoms with E-state index in [2.05, 4.69) is 15.6 Å². The quantitative estimate of drug-likeness (QED) is 0.601. The van der Waals surface area contributed by atoms with E-state index in [1.165, 1.54) is 0 Å². The number of carboxylic acids is 1. The molecule has 3 N–H and O–H groups in total. The molecule has 1 aromatic carbocycles. The van der Waals surface area contributed by atoms with Crippen LogP contribution in [-0.2, 0) is 9.59 Å². The van der Waals surface area contributed by atoms with Crippen LogP contribution in [0.15, 0.2) is 42.6 Å². The number of aliphatic carboxylic acids is 1. The van der Waals surface area contributed by atoms with Crippen LogP contribution < -0.4 is 10.6 Å². The first-order valence-corrected chi connectivity index (χ1v) is 8.67. The number of hydrogen-bond acceptors (Lipinski definition) is 4. The topological polar surface area (TPSA) is 113 Å². The van der Waals surface area contributed by atoms with Gasteiger partial charge in [0.1, 0.15) is 23.6 Å². The van der Waals surface area contributed by atoms with Crippen LogP contribution in [0, 0.1) is 13.8 Å². The van der Waals surface area contributed by atoms with E-state index in [1.807, 2.05) is 50.2 Å². The maximum Gasteiger partial charge on any atom is 0.322 e. The largest absolute Gasteiger partial charge is 0.480 e. The smallest absolute Gasteiger partial charge is 0.322 e. The first kappa shape index (κ1) is 19.1. The van der Waals surface area contributed by atoms with Crippen LogP contribution in [0.2, 0.25) is 0 Å². The molecule has 144 valence electrons. The van der Waals surface area contributed by atoms with Crippen molar-refractivity contribution in [2.75, 3.05) is 13.1 Å². The van der Waals surface area contributed by atoms with Crippen molar-refractivity contribution in [2.45, 2.75) is 13.8 Å². The first-order valence-electron chi connectivity index (χ1n) is 8.67. The molecule has 0 unspecified atom stereocenters. The molecule has 0 aliphatic heterocycles. The van der Waals surface area contributed by atoms with Gasteiger partial charge in [0, 0.05) is 11.8 Å². The van der Waals surface area contributed by atoms with E-state index in [1.54, 1.807) is 10.6 Å². The lowest BCUT2D eigenvalue weighted by molar-refractivity contribution is -0.137. The van der Waals surface area contributed by atoms with Gasteiger partial charge in [-0.1, -0.05) is 35.9 Å². The number of carbonyl (C=O) groups is 3. The Hall–Kier alpha value is -3.68. The highest BCUT2D eigenvalue weighted by Gasteiger charge is 2.21. The number of aryl methyl sites for hydroxylation is 2. The molecule has 0 aliphatic carbocycles. The van der Waals surface area contributed by atoms with E-state index in [9.17, 15) is 14.4 Å². The highest BCUT2D eigenvalue weighted by molar-refractivity contribution is 6.01. The molecule has 8 nitrogen and oxygen atoms in total. The van der Waals surface area contributed by atoms with E-state index in [0.717, 1.165) is 16.7 Å². The minimum Gasteiger partial charge on any atom is -0.480 e. The summed E-state index contributed by atoms with van der Waals surface area (Å²) in [7, 11) is 0. The highest BCUT2D eigenvalue weighted by atomic mass is 16.4. The summed E-state index contributed by atoms with van der Waals surface area (Å²) in [5.74, 6) is -2.21. The molecule has 0 radical (unpaired) electrons. The molecule has 0 saturated carbocycles. The number of fused-ring (bicyclic) bond motifs is 1. The monoisotopic (exact) mass is 380 g/mol. The predicted molar refractivity (Wildman–Crippen MR) is 103 cm³/mol. The van der Waals surface area contributed by atoms with Crippen LogP contribution >= 0.6 is 0 Å². The number of carbonyl (C=O) groups excluding carboxylic acids is 2. The zero-order valence-electron chi connectivity index (χ0n) is 15.5. The van der Waals surface area contributed by atoms with E-state index in [0.29, 0.717) is 17.0 Å². The molecular weight excluding hydrogens is 360 g/mol. The third kappa shape index (κ3) is 4.17. The molecule has 8 heteroatoms. The average molecular weight is 380 g/mol. The highest BCUT2D eigenvalue weighted by Crippen LogP contribution is 2.25. The Morgan fingerprint density at radius 2 is 1.64 bits per heavy atom. The summed E-state index contributed by atoms with van der Waals surface area (Å²) < 4.78 is 1.69. The third-order valence-corrected chi connectivity index (χ3v) is 4.15. The first-order chi connectivity index (χ1) is 13.3. The zero-order chi connectivity index (χ0) is 20.3. The molecule has 0 bridgehead atoms. The number of amides is 2. The molecule has 0 spiro atoms. The molecule has 28 heavy (non-hydrogen) atoms. The summed E-state index contributed by atoms with van der Waals surface area (Å²) in [6.07, 6.45) is 1.80.